The third-order valence-electron chi connectivity index (χ3n) is 4.38. The number of carbonyl (C=O) groups is 1. The van der Waals surface area contributed by atoms with Crippen molar-refractivity contribution < 1.29 is 9.90 Å². The van der Waals surface area contributed by atoms with Gasteiger partial charge < -0.3 is 10.0 Å². The van der Waals surface area contributed by atoms with Crippen molar-refractivity contribution in [3.05, 3.63) is 16.0 Å². The molecule has 2 unspecified atom stereocenters. The zero-order valence-electron chi connectivity index (χ0n) is 13.7. The number of rotatable bonds is 5. The molecular weight excluding hydrogens is 296 g/mol. The number of anilines is 1. The van der Waals surface area contributed by atoms with Gasteiger partial charge in [-0.1, -0.05) is 13.8 Å². The van der Waals surface area contributed by atoms with Crippen LogP contribution in [0.4, 0.5) is 5.00 Å². The van der Waals surface area contributed by atoms with Crippen LogP contribution >= 0.6 is 11.3 Å². The Bertz CT molecular complexity index is 601. The van der Waals surface area contributed by atoms with E-state index in [4.69, 9.17) is 0 Å². The average Bonchev–Trinajstić information content (AvgIpc) is 2.80. The summed E-state index contributed by atoms with van der Waals surface area (Å²) in [5.74, 6) is -0.581. The van der Waals surface area contributed by atoms with E-state index in [1.807, 2.05) is 0 Å². The lowest BCUT2D eigenvalue weighted by atomic mass is 9.88. The lowest BCUT2D eigenvalue weighted by Gasteiger charge is -2.29. The van der Waals surface area contributed by atoms with Gasteiger partial charge in [-0.25, -0.2) is 0 Å². The molecule has 1 aromatic heterocycles. The lowest BCUT2D eigenvalue weighted by molar-refractivity contribution is -0.140. The first-order valence-corrected chi connectivity index (χ1v) is 8.70. The molecule has 5 heteroatoms. The van der Waals surface area contributed by atoms with Crippen LogP contribution in [0.3, 0.4) is 0 Å². The van der Waals surface area contributed by atoms with E-state index in [1.165, 1.54) is 10.4 Å². The second kappa shape index (κ2) is 6.70. The van der Waals surface area contributed by atoms with Crippen LogP contribution in [0.5, 0.6) is 0 Å². The first-order valence-electron chi connectivity index (χ1n) is 7.89. The first kappa shape index (κ1) is 16.8. The molecule has 0 spiro atoms. The molecule has 0 fully saturated rings. The van der Waals surface area contributed by atoms with Gasteiger partial charge in [0, 0.05) is 17.5 Å². The predicted octanol–water partition coefficient (Wildman–Crippen LogP) is 3.68. The molecule has 1 N–H and O–H groups in total. The Labute approximate surface area is 136 Å². The van der Waals surface area contributed by atoms with E-state index in [9.17, 15) is 15.2 Å². The fourth-order valence-electron chi connectivity index (χ4n) is 2.96. The number of hydrogen-bond acceptors (Lipinski definition) is 4. The topological polar surface area (TPSA) is 64.3 Å². The smallest absolute Gasteiger partial charge is 0.308 e. The van der Waals surface area contributed by atoms with Crippen LogP contribution < -0.4 is 4.90 Å². The molecule has 0 saturated carbocycles. The summed E-state index contributed by atoms with van der Waals surface area (Å²) < 4.78 is 0. The molecule has 1 aliphatic rings. The molecule has 2 atom stereocenters. The van der Waals surface area contributed by atoms with E-state index in [1.54, 1.807) is 18.3 Å². The summed E-state index contributed by atoms with van der Waals surface area (Å²) in [5.41, 5.74) is 1.98. The van der Waals surface area contributed by atoms with Crippen LogP contribution in [-0.4, -0.2) is 23.7 Å². The van der Waals surface area contributed by atoms with Crippen molar-refractivity contribution in [1.82, 2.24) is 0 Å². The minimum absolute atomic E-state index is 0.173. The van der Waals surface area contributed by atoms with Gasteiger partial charge in [0.2, 0.25) is 0 Å². The first-order chi connectivity index (χ1) is 10.3. The second-order valence-corrected chi connectivity index (χ2v) is 7.71. The molecule has 0 aromatic carbocycles. The van der Waals surface area contributed by atoms with Gasteiger partial charge in [-0.2, -0.15) is 5.26 Å². The maximum absolute atomic E-state index is 11.2. The number of nitriles is 1. The molecule has 0 radical (unpaired) electrons. The van der Waals surface area contributed by atoms with Crippen LogP contribution in [-0.2, 0) is 17.6 Å². The summed E-state index contributed by atoms with van der Waals surface area (Å²) >= 11 is 1.69. The molecule has 0 aliphatic heterocycles. The van der Waals surface area contributed by atoms with Crippen LogP contribution in [0.15, 0.2) is 0 Å². The van der Waals surface area contributed by atoms with E-state index in [0.29, 0.717) is 12.5 Å². The minimum atomic E-state index is -0.793. The highest BCUT2D eigenvalue weighted by molar-refractivity contribution is 7.16. The van der Waals surface area contributed by atoms with Gasteiger partial charge in [-0.3, -0.25) is 4.79 Å². The fraction of sp³-hybridized carbons (Fsp3) is 0.647. The normalized spacial score (nSPS) is 18.6. The summed E-state index contributed by atoms with van der Waals surface area (Å²) in [6, 6.07) is 2.55. The van der Waals surface area contributed by atoms with E-state index < -0.39 is 11.9 Å². The number of fused-ring (bicyclic) bond motifs is 1. The summed E-state index contributed by atoms with van der Waals surface area (Å²) in [7, 11) is 0. The molecule has 0 amide bonds. The Hall–Kier alpha value is -1.54. The Morgan fingerprint density at radius 3 is 2.73 bits per heavy atom. The molecule has 120 valence electrons. The van der Waals surface area contributed by atoms with E-state index in [0.717, 1.165) is 29.8 Å². The third kappa shape index (κ3) is 3.27. The average molecular weight is 320 g/mol. The lowest BCUT2D eigenvalue weighted by Crippen LogP contribution is -2.37. The van der Waals surface area contributed by atoms with Crippen LogP contribution in [0.25, 0.3) is 0 Å². The highest BCUT2D eigenvalue weighted by Crippen LogP contribution is 2.41. The quantitative estimate of drug-likeness (QED) is 0.899. The molecule has 0 saturated heterocycles. The summed E-state index contributed by atoms with van der Waals surface area (Å²) in [6.07, 6.45) is 3.14. The number of carboxylic acid groups (broad SMARTS) is 1. The zero-order valence-corrected chi connectivity index (χ0v) is 14.5. The summed E-state index contributed by atoms with van der Waals surface area (Å²) in [5, 5.41) is 19.8. The van der Waals surface area contributed by atoms with Crippen molar-refractivity contribution >= 4 is 22.3 Å². The van der Waals surface area contributed by atoms with E-state index >= 15 is 0 Å². The van der Waals surface area contributed by atoms with Crippen LogP contribution in [0.2, 0.25) is 0 Å². The Morgan fingerprint density at radius 2 is 2.18 bits per heavy atom. The molecule has 0 bridgehead atoms. The molecule has 1 aromatic rings. The SMILES string of the molecule is CC1CCc2c(sc(N(CC(C)C(=O)O)C(C)C)c2C#N)C1. The van der Waals surface area contributed by atoms with Crippen molar-refractivity contribution in [2.45, 2.75) is 53.0 Å². The summed E-state index contributed by atoms with van der Waals surface area (Å²) in [4.78, 5) is 14.6. The highest BCUT2D eigenvalue weighted by atomic mass is 32.1. The van der Waals surface area contributed by atoms with Gasteiger partial charge >= 0.3 is 5.97 Å². The highest BCUT2D eigenvalue weighted by Gasteiger charge is 2.28. The van der Waals surface area contributed by atoms with Gasteiger partial charge in [0.25, 0.3) is 0 Å². The maximum Gasteiger partial charge on any atom is 0.308 e. The van der Waals surface area contributed by atoms with Crippen LogP contribution in [0.1, 0.15) is 50.1 Å². The van der Waals surface area contributed by atoms with E-state index in [-0.39, 0.29) is 6.04 Å². The zero-order chi connectivity index (χ0) is 16.4. The molecule has 1 aliphatic carbocycles. The van der Waals surface area contributed by atoms with Crippen molar-refractivity contribution in [2.75, 3.05) is 11.4 Å². The number of carboxylic acids is 1. The minimum Gasteiger partial charge on any atom is -0.481 e. The second-order valence-electron chi connectivity index (χ2n) is 6.63. The van der Waals surface area contributed by atoms with Gasteiger partial charge in [-0.05, 0) is 44.6 Å². The Balaban J connectivity index is 2.40. The number of hydrogen-bond donors (Lipinski definition) is 1. The Morgan fingerprint density at radius 1 is 1.50 bits per heavy atom. The molecule has 22 heavy (non-hydrogen) atoms. The van der Waals surface area contributed by atoms with Gasteiger partial charge in [-0.15, -0.1) is 11.3 Å². The summed E-state index contributed by atoms with van der Waals surface area (Å²) in [6.45, 7) is 8.52. The van der Waals surface area contributed by atoms with Crippen molar-refractivity contribution in [2.24, 2.45) is 11.8 Å². The van der Waals surface area contributed by atoms with Crippen molar-refractivity contribution in [1.29, 1.82) is 5.26 Å². The van der Waals surface area contributed by atoms with Crippen molar-refractivity contribution in [3.8, 4) is 6.07 Å². The molecule has 4 nitrogen and oxygen atoms in total. The van der Waals surface area contributed by atoms with Crippen LogP contribution in [0, 0.1) is 23.2 Å². The molecule has 1 heterocycles. The van der Waals surface area contributed by atoms with Gasteiger partial charge in [0.05, 0.1) is 11.5 Å². The monoisotopic (exact) mass is 320 g/mol. The Kier molecular flexibility index (Phi) is 5.12. The standard InChI is InChI=1S/C17H24N2O2S/c1-10(2)19(9-12(4)17(20)21)16-14(8-18)13-6-5-11(3)7-15(13)22-16/h10-12H,5-7,9H2,1-4H3,(H,20,21). The van der Waals surface area contributed by atoms with Gasteiger partial charge in [0.1, 0.15) is 11.1 Å². The van der Waals surface area contributed by atoms with Gasteiger partial charge in [0.15, 0.2) is 0 Å². The largest absolute Gasteiger partial charge is 0.481 e. The number of aliphatic carboxylic acids is 1. The number of nitrogens with zero attached hydrogens (tertiary/aromatic N) is 2. The van der Waals surface area contributed by atoms with E-state index in [2.05, 4.69) is 31.7 Å². The molecule has 2 rings (SSSR count). The predicted molar refractivity (Wildman–Crippen MR) is 89.5 cm³/mol. The van der Waals surface area contributed by atoms with Crippen molar-refractivity contribution in [3.63, 3.8) is 0 Å². The number of thiophene rings is 1. The molecular formula is C17H24N2O2S. The third-order valence-corrected chi connectivity index (χ3v) is 5.67. The fourth-order valence-corrected chi connectivity index (χ4v) is 4.56. The maximum atomic E-state index is 11.2.